The molecule has 1 amide bonds. The van der Waals surface area contributed by atoms with Gasteiger partial charge in [-0.25, -0.2) is 0 Å². The van der Waals surface area contributed by atoms with E-state index in [1.165, 1.54) is 4.80 Å². The lowest BCUT2D eigenvalue weighted by Gasteiger charge is -2.06. The van der Waals surface area contributed by atoms with E-state index < -0.39 is 0 Å². The third kappa shape index (κ3) is 2.53. The van der Waals surface area contributed by atoms with Crippen LogP contribution in [0.25, 0.3) is 5.69 Å². The normalized spacial score (nSPS) is 10.6. The Morgan fingerprint density at radius 1 is 1.14 bits per heavy atom. The average molecular weight is 282 g/mol. The molecule has 7 heteroatoms. The van der Waals surface area contributed by atoms with Crippen LogP contribution in [0.15, 0.2) is 36.7 Å². The van der Waals surface area contributed by atoms with Gasteiger partial charge in [0.25, 0.3) is 5.91 Å². The molecule has 21 heavy (non-hydrogen) atoms. The number of carbonyl (C=O) groups is 1. The summed E-state index contributed by atoms with van der Waals surface area (Å²) in [7, 11) is 0. The van der Waals surface area contributed by atoms with Crippen molar-refractivity contribution < 1.29 is 4.79 Å². The number of rotatable bonds is 3. The molecule has 7 nitrogen and oxygen atoms in total. The molecular formula is C14H14N6O. The summed E-state index contributed by atoms with van der Waals surface area (Å²) < 4.78 is 0. The predicted molar refractivity (Wildman–Crippen MR) is 77.4 cm³/mol. The Bertz CT molecular complexity index is 738. The van der Waals surface area contributed by atoms with Crippen molar-refractivity contribution in [2.45, 2.75) is 13.8 Å². The number of benzene rings is 1. The van der Waals surface area contributed by atoms with Gasteiger partial charge in [-0.05, 0) is 38.1 Å². The summed E-state index contributed by atoms with van der Waals surface area (Å²) in [6, 6.07) is 7.29. The van der Waals surface area contributed by atoms with Crippen LogP contribution in [-0.4, -0.2) is 31.1 Å². The summed E-state index contributed by atoms with van der Waals surface area (Å²) in [6.07, 6.45) is 3.22. The largest absolute Gasteiger partial charge is 0.322 e. The fourth-order valence-electron chi connectivity index (χ4n) is 2.11. The smallest absolute Gasteiger partial charge is 0.259 e. The van der Waals surface area contributed by atoms with Gasteiger partial charge in [-0.3, -0.25) is 9.89 Å². The number of hydrogen-bond donors (Lipinski definition) is 2. The average Bonchev–Trinajstić information content (AvgIpc) is 3.10. The monoisotopic (exact) mass is 282 g/mol. The maximum absolute atomic E-state index is 12.2. The first kappa shape index (κ1) is 13.0. The van der Waals surface area contributed by atoms with E-state index in [9.17, 15) is 4.79 Å². The maximum Gasteiger partial charge on any atom is 0.259 e. The molecule has 3 rings (SSSR count). The number of hydrogen-bond acceptors (Lipinski definition) is 4. The highest BCUT2D eigenvalue weighted by molar-refractivity contribution is 6.05. The zero-order valence-corrected chi connectivity index (χ0v) is 11.7. The van der Waals surface area contributed by atoms with Crippen LogP contribution in [0.5, 0.6) is 0 Å². The van der Waals surface area contributed by atoms with Crippen molar-refractivity contribution in [1.82, 2.24) is 25.2 Å². The van der Waals surface area contributed by atoms with E-state index in [0.717, 1.165) is 11.4 Å². The molecule has 0 atom stereocenters. The molecule has 0 aliphatic heterocycles. The van der Waals surface area contributed by atoms with Gasteiger partial charge in [0.1, 0.15) is 0 Å². The Hall–Kier alpha value is -2.96. The van der Waals surface area contributed by atoms with Crippen LogP contribution >= 0.6 is 0 Å². The summed E-state index contributed by atoms with van der Waals surface area (Å²) in [6.45, 7) is 3.62. The van der Waals surface area contributed by atoms with Crippen molar-refractivity contribution in [3.63, 3.8) is 0 Å². The second-order valence-electron chi connectivity index (χ2n) is 4.63. The Morgan fingerprint density at radius 3 is 2.38 bits per heavy atom. The summed E-state index contributed by atoms with van der Waals surface area (Å²) in [5.41, 5.74) is 3.54. The molecule has 3 aromatic rings. The Balaban J connectivity index is 1.78. The topological polar surface area (TPSA) is 88.5 Å². The van der Waals surface area contributed by atoms with Crippen LogP contribution in [0.3, 0.4) is 0 Å². The summed E-state index contributed by atoms with van der Waals surface area (Å²) in [5.74, 6) is -0.177. The Labute approximate surface area is 121 Å². The molecule has 2 N–H and O–H groups in total. The molecule has 106 valence electrons. The minimum absolute atomic E-state index is 0.177. The second kappa shape index (κ2) is 5.20. The standard InChI is InChI=1S/C14H14N6O/c1-9-13(10(2)19-18-9)14(21)17-11-3-5-12(6-4-11)20-15-7-8-16-20/h3-8H,1-2H3,(H,17,21)(H,18,19). The van der Waals surface area contributed by atoms with Crippen molar-refractivity contribution in [3.8, 4) is 5.69 Å². The second-order valence-corrected chi connectivity index (χ2v) is 4.63. The van der Waals surface area contributed by atoms with Gasteiger partial charge in [0, 0.05) is 11.4 Å². The molecule has 0 saturated heterocycles. The van der Waals surface area contributed by atoms with Crippen LogP contribution in [0.1, 0.15) is 21.7 Å². The zero-order valence-electron chi connectivity index (χ0n) is 11.7. The quantitative estimate of drug-likeness (QED) is 0.767. The van der Waals surface area contributed by atoms with E-state index in [1.54, 1.807) is 31.5 Å². The number of anilines is 1. The van der Waals surface area contributed by atoms with E-state index >= 15 is 0 Å². The Kier molecular flexibility index (Phi) is 3.23. The van der Waals surface area contributed by atoms with Gasteiger partial charge in [-0.1, -0.05) is 0 Å². The van der Waals surface area contributed by atoms with Gasteiger partial charge in [-0.2, -0.15) is 20.1 Å². The van der Waals surface area contributed by atoms with Crippen LogP contribution in [0, 0.1) is 13.8 Å². The van der Waals surface area contributed by atoms with Crippen LogP contribution in [0.4, 0.5) is 5.69 Å². The maximum atomic E-state index is 12.2. The fourth-order valence-corrected chi connectivity index (χ4v) is 2.11. The van der Waals surface area contributed by atoms with Crippen molar-refractivity contribution in [1.29, 1.82) is 0 Å². The number of aryl methyl sites for hydroxylation is 2. The molecule has 0 saturated carbocycles. The molecule has 0 aliphatic rings. The third-order valence-electron chi connectivity index (χ3n) is 3.13. The molecule has 0 bridgehead atoms. The van der Waals surface area contributed by atoms with Gasteiger partial charge in [-0.15, -0.1) is 0 Å². The lowest BCUT2D eigenvalue weighted by molar-refractivity contribution is 0.102. The number of nitrogens with zero attached hydrogens (tertiary/aromatic N) is 4. The van der Waals surface area contributed by atoms with Crippen molar-refractivity contribution in [2.75, 3.05) is 5.32 Å². The molecule has 0 unspecified atom stereocenters. The van der Waals surface area contributed by atoms with Gasteiger partial charge in [0.2, 0.25) is 0 Å². The molecule has 2 aromatic heterocycles. The molecule has 0 aliphatic carbocycles. The molecule has 0 spiro atoms. The van der Waals surface area contributed by atoms with Gasteiger partial charge < -0.3 is 5.32 Å². The van der Waals surface area contributed by atoms with Gasteiger partial charge in [0.05, 0.1) is 29.3 Å². The van der Waals surface area contributed by atoms with Gasteiger partial charge in [0.15, 0.2) is 0 Å². The minimum Gasteiger partial charge on any atom is -0.322 e. The first-order valence-corrected chi connectivity index (χ1v) is 6.45. The number of H-pyrrole nitrogens is 1. The molecule has 2 heterocycles. The first-order valence-electron chi connectivity index (χ1n) is 6.45. The van der Waals surface area contributed by atoms with E-state index in [-0.39, 0.29) is 5.91 Å². The zero-order chi connectivity index (χ0) is 14.8. The number of aromatic nitrogens is 5. The number of amides is 1. The highest BCUT2D eigenvalue weighted by atomic mass is 16.1. The van der Waals surface area contributed by atoms with Crippen molar-refractivity contribution in [2.24, 2.45) is 0 Å². The van der Waals surface area contributed by atoms with Crippen molar-refractivity contribution >= 4 is 11.6 Å². The third-order valence-corrected chi connectivity index (χ3v) is 3.13. The van der Waals surface area contributed by atoms with E-state index in [1.807, 2.05) is 19.1 Å². The number of carbonyl (C=O) groups excluding carboxylic acids is 1. The number of aromatic amines is 1. The fraction of sp³-hybridized carbons (Fsp3) is 0.143. The molecular weight excluding hydrogens is 268 g/mol. The predicted octanol–water partition coefficient (Wildman–Crippen LogP) is 1.86. The lowest BCUT2D eigenvalue weighted by Crippen LogP contribution is -2.13. The molecule has 0 fully saturated rings. The SMILES string of the molecule is Cc1n[nH]c(C)c1C(=O)Nc1ccc(-n2nccn2)cc1. The molecule has 0 radical (unpaired) electrons. The highest BCUT2D eigenvalue weighted by Crippen LogP contribution is 2.15. The summed E-state index contributed by atoms with van der Waals surface area (Å²) in [5, 5.41) is 17.8. The van der Waals surface area contributed by atoms with Crippen molar-refractivity contribution in [3.05, 3.63) is 53.6 Å². The van der Waals surface area contributed by atoms with E-state index in [4.69, 9.17) is 0 Å². The Morgan fingerprint density at radius 2 is 1.81 bits per heavy atom. The minimum atomic E-state index is -0.177. The van der Waals surface area contributed by atoms with Crippen LogP contribution in [-0.2, 0) is 0 Å². The summed E-state index contributed by atoms with van der Waals surface area (Å²) >= 11 is 0. The summed E-state index contributed by atoms with van der Waals surface area (Å²) in [4.78, 5) is 13.7. The van der Waals surface area contributed by atoms with E-state index in [2.05, 4.69) is 25.7 Å². The number of nitrogens with one attached hydrogen (secondary N) is 2. The van der Waals surface area contributed by atoms with Crippen LogP contribution < -0.4 is 5.32 Å². The molecule has 1 aromatic carbocycles. The van der Waals surface area contributed by atoms with E-state index in [0.29, 0.717) is 16.9 Å². The van der Waals surface area contributed by atoms with Crippen LogP contribution in [0.2, 0.25) is 0 Å². The van der Waals surface area contributed by atoms with Gasteiger partial charge >= 0.3 is 0 Å². The first-order chi connectivity index (χ1) is 10.1. The lowest BCUT2D eigenvalue weighted by atomic mass is 10.2. The highest BCUT2D eigenvalue weighted by Gasteiger charge is 2.15.